The summed E-state index contributed by atoms with van der Waals surface area (Å²) in [6.45, 7) is 4.10. The maximum absolute atomic E-state index is 5.62. The minimum Gasteiger partial charge on any atom is -0.493 e. The van der Waals surface area contributed by atoms with Gasteiger partial charge in [-0.2, -0.15) is 0 Å². The van der Waals surface area contributed by atoms with Crippen LogP contribution in [0.3, 0.4) is 0 Å². The average Bonchev–Trinajstić information content (AvgIpc) is 2.87. The number of aryl methyl sites for hydroxylation is 2. The lowest BCUT2D eigenvalue weighted by Gasteiger charge is -2.20. The lowest BCUT2D eigenvalue weighted by atomic mass is 9.97. The minimum absolute atomic E-state index is 0.00944. The highest BCUT2D eigenvalue weighted by molar-refractivity contribution is 5.49. The van der Waals surface area contributed by atoms with Crippen LogP contribution in [0.2, 0.25) is 0 Å². The Labute approximate surface area is 119 Å². The van der Waals surface area contributed by atoms with Gasteiger partial charge in [0.2, 0.25) is 0 Å². The Balaban J connectivity index is 2.52. The standard InChI is InChI=1S/C16H21NO3/c1-10-6-7-20-16(10)15(17-3)12-9-14(19-5)13(18-4)8-11(12)2/h6-9,15,17H,1-5H3. The smallest absolute Gasteiger partial charge is 0.161 e. The third-order valence-electron chi connectivity index (χ3n) is 3.54. The van der Waals surface area contributed by atoms with Crippen molar-refractivity contribution in [3.63, 3.8) is 0 Å². The molecule has 1 heterocycles. The SMILES string of the molecule is CNC(c1cc(OC)c(OC)cc1C)c1occc1C. The summed E-state index contributed by atoms with van der Waals surface area (Å²) in [4.78, 5) is 0. The van der Waals surface area contributed by atoms with E-state index in [1.54, 1.807) is 20.5 Å². The monoisotopic (exact) mass is 275 g/mol. The van der Waals surface area contributed by atoms with E-state index >= 15 is 0 Å². The van der Waals surface area contributed by atoms with Crippen molar-refractivity contribution in [1.82, 2.24) is 5.32 Å². The van der Waals surface area contributed by atoms with Gasteiger partial charge in [0.25, 0.3) is 0 Å². The molecular weight excluding hydrogens is 254 g/mol. The van der Waals surface area contributed by atoms with Crippen LogP contribution in [0.15, 0.2) is 28.9 Å². The minimum atomic E-state index is -0.00944. The molecule has 4 nitrogen and oxygen atoms in total. The number of ether oxygens (including phenoxy) is 2. The fourth-order valence-corrected chi connectivity index (χ4v) is 2.42. The van der Waals surface area contributed by atoms with Crippen molar-refractivity contribution in [2.75, 3.05) is 21.3 Å². The molecule has 1 unspecified atom stereocenters. The van der Waals surface area contributed by atoms with Gasteiger partial charge < -0.3 is 19.2 Å². The molecule has 2 rings (SSSR count). The van der Waals surface area contributed by atoms with Crippen LogP contribution >= 0.6 is 0 Å². The molecule has 1 atom stereocenters. The molecule has 0 saturated carbocycles. The van der Waals surface area contributed by atoms with Crippen LogP contribution in [0.4, 0.5) is 0 Å². The Morgan fingerprint density at radius 2 is 1.70 bits per heavy atom. The Bertz CT molecular complexity index is 589. The van der Waals surface area contributed by atoms with Gasteiger partial charge in [-0.3, -0.25) is 0 Å². The lowest BCUT2D eigenvalue weighted by molar-refractivity contribution is 0.353. The summed E-state index contributed by atoms with van der Waals surface area (Å²) in [5.74, 6) is 2.38. The highest BCUT2D eigenvalue weighted by Gasteiger charge is 2.21. The highest BCUT2D eigenvalue weighted by atomic mass is 16.5. The van der Waals surface area contributed by atoms with Crippen molar-refractivity contribution in [3.05, 3.63) is 46.9 Å². The highest BCUT2D eigenvalue weighted by Crippen LogP contribution is 2.35. The van der Waals surface area contributed by atoms with Gasteiger partial charge in [-0.05, 0) is 55.8 Å². The Hall–Kier alpha value is -1.94. The number of rotatable bonds is 5. The van der Waals surface area contributed by atoms with Crippen molar-refractivity contribution in [1.29, 1.82) is 0 Å². The predicted molar refractivity (Wildman–Crippen MR) is 78.6 cm³/mol. The lowest BCUT2D eigenvalue weighted by Crippen LogP contribution is -2.19. The Morgan fingerprint density at radius 1 is 1.05 bits per heavy atom. The van der Waals surface area contributed by atoms with Crippen molar-refractivity contribution in [3.8, 4) is 11.5 Å². The van der Waals surface area contributed by atoms with Crippen LogP contribution < -0.4 is 14.8 Å². The Morgan fingerprint density at radius 3 is 2.20 bits per heavy atom. The van der Waals surface area contributed by atoms with E-state index in [0.29, 0.717) is 0 Å². The van der Waals surface area contributed by atoms with E-state index in [1.165, 1.54) is 0 Å². The first-order valence-corrected chi connectivity index (χ1v) is 6.56. The molecule has 0 fully saturated rings. The zero-order chi connectivity index (χ0) is 14.7. The fourth-order valence-electron chi connectivity index (χ4n) is 2.42. The van der Waals surface area contributed by atoms with E-state index in [-0.39, 0.29) is 6.04 Å². The molecule has 0 radical (unpaired) electrons. The van der Waals surface area contributed by atoms with Crippen LogP contribution in [0.25, 0.3) is 0 Å². The van der Waals surface area contributed by atoms with E-state index in [4.69, 9.17) is 13.9 Å². The number of furan rings is 1. The number of hydrogen-bond acceptors (Lipinski definition) is 4. The van der Waals surface area contributed by atoms with E-state index in [0.717, 1.165) is 33.9 Å². The molecule has 0 saturated heterocycles. The van der Waals surface area contributed by atoms with Crippen molar-refractivity contribution in [2.45, 2.75) is 19.9 Å². The third-order valence-corrected chi connectivity index (χ3v) is 3.54. The first-order valence-electron chi connectivity index (χ1n) is 6.56. The number of nitrogens with one attached hydrogen (secondary N) is 1. The molecule has 1 N–H and O–H groups in total. The molecule has 0 spiro atoms. The zero-order valence-electron chi connectivity index (χ0n) is 12.6. The van der Waals surface area contributed by atoms with Crippen LogP contribution in [-0.2, 0) is 0 Å². The predicted octanol–water partition coefficient (Wildman–Crippen LogP) is 3.22. The first kappa shape index (κ1) is 14.5. The summed E-state index contributed by atoms with van der Waals surface area (Å²) < 4.78 is 16.3. The molecule has 108 valence electrons. The molecule has 0 bridgehead atoms. The van der Waals surface area contributed by atoms with E-state index in [9.17, 15) is 0 Å². The zero-order valence-corrected chi connectivity index (χ0v) is 12.6. The third kappa shape index (κ3) is 2.51. The number of hydrogen-bond donors (Lipinski definition) is 1. The maximum Gasteiger partial charge on any atom is 0.161 e. The van der Waals surface area contributed by atoms with Gasteiger partial charge in [-0.25, -0.2) is 0 Å². The van der Waals surface area contributed by atoms with Crippen LogP contribution in [0.5, 0.6) is 11.5 Å². The first-order chi connectivity index (χ1) is 9.62. The molecule has 0 aliphatic rings. The van der Waals surface area contributed by atoms with Gasteiger partial charge in [0.15, 0.2) is 11.5 Å². The van der Waals surface area contributed by atoms with E-state index in [1.807, 2.05) is 32.2 Å². The summed E-state index contributed by atoms with van der Waals surface area (Å²) in [7, 11) is 5.20. The van der Waals surface area contributed by atoms with Gasteiger partial charge in [0.05, 0.1) is 26.5 Å². The maximum atomic E-state index is 5.62. The molecule has 2 aromatic rings. The average molecular weight is 275 g/mol. The van der Waals surface area contributed by atoms with Gasteiger partial charge in [0, 0.05) is 0 Å². The second-order valence-corrected chi connectivity index (χ2v) is 4.75. The Kier molecular flexibility index (Phi) is 4.35. The van der Waals surface area contributed by atoms with Crippen LogP contribution in [0.1, 0.15) is 28.5 Å². The fraction of sp³-hybridized carbons (Fsp3) is 0.375. The normalized spacial score (nSPS) is 12.2. The van der Waals surface area contributed by atoms with Crippen molar-refractivity contribution >= 4 is 0 Å². The number of methoxy groups -OCH3 is 2. The van der Waals surface area contributed by atoms with Crippen LogP contribution in [-0.4, -0.2) is 21.3 Å². The molecule has 0 aliphatic heterocycles. The largest absolute Gasteiger partial charge is 0.493 e. The summed E-state index contributed by atoms with van der Waals surface area (Å²) in [5.41, 5.74) is 3.36. The second kappa shape index (κ2) is 6.01. The topological polar surface area (TPSA) is 43.6 Å². The summed E-state index contributed by atoms with van der Waals surface area (Å²) in [5, 5.41) is 3.30. The molecule has 4 heteroatoms. The van der Waals surface area contributed by atoms with Gasteiger partial charge in [-0.15, -0.1) is 0 Å². The summed E-state index contributed by atoms with van der Waals surface area (Å²) in [6.07, 6.45) is 1.71. The van der Waals surface area contributed by atoms with Crippen LogP contribution in [0, 0.1) is 13.8 Å². The van der Waals surface area contributed by atoms with E-state index in [2.05, 4.69) is 12.2 Å². The summed E-state index contributed by atoms with van der Waals surface area (Å²) in [6, 6.07) is 5.94. The second-order valence-electron chi connectivity index (χ2n) is 4.75. The quantitative estimate of drug-likeness (QED) is 0.910. The van der Waals surface area contributed by atoms with Crippen molar-refractivity contribution in [2.24, 2.45) is 0 Å². The number of benzene rings is 1. The molecule has 20 heavy (non-hydrogen) atoms. The van der Waals surface area contributed by atoms with E-state index < -0.39 is 0 Å². The molecule has 0 amide bonds. The molecular formula is C16H21NO3. The summed E-state index contributed by atoms with van der Waals surface area (Å²) >= 11 is 0. The molecule has 0 aliphatic carbocycles. The molecule has 1 aromatic carbocycles. The molecule has 1 aromatic heterocycles. The van der Waals surface area contributed by atoms with Gasteiger partial charge in [-0.1, -0.05) is 0 Å². The van der Waals surface area contributed by atoms with Gasteiger partial charge >= 0.3 is 0 Å². The van der Waals surface area contributed by atoms with Gasteiger partial charge in [0.1, 0.15) is 5.76 Å². The van der Waals surface area contributed by atoms with Crippen molar-refractivity contribution < 1.29 is 13.9 Å².